The first-order valence-electron chi connectivity index (χ1n) is 6.81. The Morgan fingerprint density at radius 2 is 2.18 bits per heavy atom. The molecule has 0 fully saturated rings. The Kier molecular flexibility index (Phi) is 6.21. The van der Waals surface area contributed by atoms with Gasteiger partial charge in [0.25, 0.3) is 0 Å². The van der Waals surface area contributed by atoms with Crippen molar-refractivity contribution in [2.24, 2.45) is 11.3 Å². The molecule has 0 aliphatic rings. The molecule has 0 bridgehead atoms. The predicted octanol–water partition coefficient (Wildman–Crippen LogP) is 4.34. The lowest BCUT2D eigenvalue weighted by molar-refractivity contribution is 0.192. The molecule has 1 N–H and O–H groups in total. The molecule has 1 aromatic heterocycles. The normalized spacial score (nSPS) is 15.1. The van der Waals surface area contributed by atoms with Crippen LogP contribution in [0.25, 0.3) is 0 Å². The van der Waals surface area contributed by atoms with Crippen molar-refractivity contribution in [2.75, 3.05) is 13.1 Å². The summed E-state index contributed by atoms with van der Waals surface area (Å²) in [5, 5.41) is 5.77. The molecular formula is C15H27NS. The van der Waals surface area contributed by atoms with Gasteiger partial charge in [0.15, 0.2) is 0 Å². The van der Waals surface area contributed by atoms with Crippen LogP contribution in [0.15, 0.2) is 17.5 Å². The van der Waals surface area contributed by atoms with Gasteiger partial charge in [-0.05, 0) is 48.6 Å². The molecule has 0 radical (unpaired) electrons. The van der Waals surface area contributed by atoms with Gasteiger partial charge in [0.2, 0.25) is 0 Å². The van der Waals surface area contributed by atoms with Gasteiger partial charge >= 0.3 is 0 Å². The van der Waals surface area contributed by atoms with Gasteiger partial charge in [0.05, 0.1) is 0 Å². The first kappa shape index (κ1) is 14.7. The molecule has 0 aliphatic heterocycles. The van der Waals surface area contributed by atoms with E-state index < -0.39 is 0 Å². The summed E-state index contributed by atoms with van der Waals surface area (Å²) in [7, 11) is 0. The van der Waals surface area contributed by atoms with E-state index >= 15 is 0 Å². The van der Waals surface area contributed by atoms with Crippen molar-refractivity contribution in [3.8, 4) is 0 Å². The van der Waals surface area contributed by atoms with Gasteiger partial charge in [-0.15, -0.1) is 11.3 Å². The molecule has 1 unspecified atom stereocenters. The smallest absolute Gasteiger partial charge is 0.00454 e. The number of rotatable bonds is 8. The second-order valence-electron chi connectivity index (χ2n) is 5.56. The highest BCUT2D eigenvalue weighted by Crippen LogP contribution is 2.32. The van der Waals surface area contributed by atoms with E-state index in [2.05, 4.69) is 50.5 Å². The van der Waals surface area contributed by atoms with Crippen LogP contribution in [0.2, 0.25) is 0 Å². The average Bonchev–Trinajstić information content (AvgIpc) is 2.79. The largest absolute Gasteiger partial charge is 0.316 e. The zero-order chi connectivity index (χ0) is 12.7. The van der Waals surface area contributed by atoms with Crippen molar-refractivity contribution in [3.63, 3.8) is 0 Å². The first-order valence-corrected chi connectivity index (χ1v) is 7.69. The molecule has 1 atom stereocenters. The molecule has 1 rings (SSSR count). The minimum atomic E-state index is 0.416. The number of aryl methyl sites for hydroxylation is 1. The van der Waals surface area contributed by atoms with Crippen molar-refractivity contribution >= 4 is 11.3 Å². The fourth-order valence-corrected chi connectivity index (χ4v) is 2.70. The van der Waals surface area contributed by atoms with Crippen LogP contribution in [-0.2, 0) is 6.42 Å². The minimum absolute atomic E-state index is 0.416. The fourth-order valence-electron chi connectivity index (χ4n) is 2.00. The molecule has 0 aromatic carbocycles. The van der Waals surface area contributed by atoms with E-state index in [0.29, 0.717) is 5.41 Å². The summed E-state index contributed by atoms with van der Waals surface area (Å²) in [6.07, 6.45) is 3.72. The van der Waals surface area contributed by atoms with Crippen molar-refractivity contribution < 1.29 is 0 Å². The Bertz CT molecular complexity index is 292. The number of thiophene rings is 1. The van der Waals surface area contributed by atoms with Gasteiger partial charge in [-0.25, -0.2) is 0 Å². The second kappa shape index (κ2) is 7.17. The zero-order valence-corrected chi connectivity index (χ0v) is 12.6. The van der Waals surface area contributed by atoms with Crippen molar-refractivity contribution in [1.29, 1.82) is 0 Å². The Labute approximate surface area is 111 Å². The standard InChI is InChI=1S/C15H27NS/c1-5-10-16-12-15(4,13(2)3)9-8-14-7-6-11-17-14/h6-7,11,13,16H,5,8-10,12H2,1-4H3. The third-order valence-corrected chi connectivity index (χ3v) is 4.81. The third kappa shape index (κ3) is 4.81. The van der Waals surface area contributed by atoms with Crippen molar-refractivity contribution in [3.05, 3.63) is 22.4 Å². The SMILES string of the molecule is CCCNCC(C)(CCc1cccs1)C(C)C. The van der Waals surface area contributed by atoms with Gasteiger partial charge in [-0.3, -0.25) is 0 Å². The summed E-state index contributed by atoms with van der Waals surface area (Å²) in [4.78, 5) is 1.52. The highest BCUT2D eigenvalue weighted by atomic mass is 32.1. The lowest BCUT2D eigenvalue weighted by Crippen LogP contribution is -2.36. The Morgan fingerprint density at radius 3 is 2.71 bits per heavy atom. The highest BCUT2D eigenvalue weighted by Gasteiger charge is 2.27. The predicted molar refractivity (Wildman–Crippen MR) is 78.7 cm³/mol. The number of hydrogen-bond donors (Lipinski definition) is 1. The highest BCUT2D eigenvalue weighted by molar-refractivity contribution is 7.09. The molecule has 0 spiro atoms. The van der Waals surface area contributed by atoms with E-state index in [-0.39, 0.29) is 0 Å². The summed E-state index contributed by atoms with van der Waals surface area (Å²) in [5.41, 5.74) is 0.416. The summed E-state index contributed by atoms with van der Waals surface area (Å²) < 4.78 is 0. The average molecular weight is 253 g/mol. The van der Waals surface area contributed by atoms with Crippen LogP contribution >= 0.6 is 11.3 Å². The number of nitrogens with one attached hydrogen (secondary N) is 1. The third-order valence-electron chi connectivity index (χ3n) is 3.87. The molecular weight excluding hydrogens is 226 g/mol. The van der Waals surface area contributed by atoms with Crippen molar-refractivity contribution in [2.45, 2.75) is 47.0 Å². The van der Waals surface area contributed by atoms with E-state index in [4.69, 9.17) is 0 Å². The summed E-state index contributed by atoms with van der Waals surface area (Å²) in [6.45, 7) is 11.6. The maximum absolute atomic E-state index is 3.59. The van der Waals surface area contributed by atoms with Gasteiger partial charge < -0.3 is 5.32 Å². The van der Waals surface area contributed by atoms with Crippen LogP contribution < -0.4 is 5.32 Å². The summed E-state index contributed by atoms with van der Waals surface area (Å²) in [5.74, 6) is 0.729. The molecule has 17 heavy (non-hydrogen) atoms. The second-order valence-corrected chi connectivity index (χ2v) is 6.60. The van der Waals surface area contributed by atoms with Crippen LogP contribution in [0.5, 0.6) is 0 Å². The molecule has 1 aromatic rings. The van der Waals surface area contributed by atoms with E-state index in [0.717, 1.165) is 19.0 Å². The van der Waals surface area contributed by atoms with E-state index in [1.807, 2.05) is 11.3 Å². The maximum atomic E-state index is 3.59. The van der Waals surface area contributed by atoms with E-state index in [9.17, 15) is 0 Å². The first-order chi connectivity index (χ1) is 8.08. The molecule has 0 amide bonds. The fraction of sp³-hybridized carbons (Fsp3) is 0.733. The molecule has 1 nitrogen and oxygen atoms in total. The van der Waals surface area contributed by atoms with Gasteiger partial charge in [0.1, 0.15) is 0 Å². The molecule has 0 aliphatic carbocycles. The molecule has 2 heteroatoms. The van der Waals surface area contributed by atoms with Crippen molar-refractivity contribution in [1.82, 2.24) is 5.32 Å². The van der Waals surface area contributed by atoms with E-state index in [1.54, 1.807) is 0 Å². The van der Waals surface area contributed by atoms with Crippen LogP contribution in [0.1, 0.15) is 45.4 Å². The molecule has 98 valence electrons. The molecule has 1 heterocycles. The lowest BCUT2D eigenvalue weighted by Gasteiger charge is -2.34. The van der Waals surface area contributed by atoms with Crippen LogP contribution in [0.3, 0.4) is 0 Å². The zero-order valence-electron chi connectivity index (χ0n) is 11.8. The maximum Gasteiger partial charge on any atom is 0.00454 e. The van der Waals surface area contributed by atoms with Crippen LogP contribution in [-0.4, -0.2) is 13.1 Å². The Morgan fingerprint density at radius 1 is 1.41 bits per heavy atom. The summed E-state index contributed by atoms with van der Waals surface area (Å²) in [6, 6.07) is 4.41. The quantitative estimate of drug-likeness (QED) is 0.679. The summed E-state index contributed by atoms with van der Waals surface area (Å²) >= 11 is 1.88. The molecule has 0 saturated carbocycles. The Hall–Kier alpha value is -0.340. The van der Waals surface area contributed by atoms with Crippen LogP contribution in [0, 0.1) is 11.3 Å². The topological polar surface area (TPSA) is 12.0 Å². The lowest BCUT2D eigenvalue weighted by atomic mass is 9.75. The molecule has 0 saturated heterocycles. The monoisotopic (exact) mass is 253 g/mol. The van der Waals surface area contributed by atoms with Gasteiger partial charge in [0, 0.05) is 11.4 Å². The number of hydrogen-bond acceptors (Lipinski definition) is 2. The van der Waals surface area contributed by atoms with Gasteiger partial charge in [-0.1, -0.05) is 33.8 Å². The minimum Gasteiger partial charge on any atom is -0.316 e. The van der Waals surface area contributed by atoms with Crippen LogP contribution in [0.4, 0.5) is 0 Å². The Balaban J connectivity index is 2.46. The van der Waals surface area contributed by atoms with E-state index in [1.165, 1.54) is 24.1 Å². The van der Waals surface area contributed by atoms with Gasteiger partial charge in [-0.2, -0.15) is 0 Å².